The maximum Gasteiger partial charge on any atom is 0.339 e. The smallest absolute Gasteiger partial charge is 0.339 e. The lowest BCUT2D eigenvalue weighted by molar-refractivity contribution is 0.0599. The highest BCUT2D eigenvalue weighted by Gasteiger charge is 2.10. The Bertz CT molecular complexity index is 490. The summed E-state index contributed by atoms with van der Waals surface area (Å²) < 4.78 is 6.33. The Labute approximate surface area is 80.3 Å². The molecule has 5 nitrogen and oxygen atoms in total. The lowest BCUT2D eigenvalue weighted by Gasteiger charge is -2.03. The number of methoxy groups -OCH3 is 1. The lowest BCUT2D eigenvalue weighted by Crippen LogP contribution is -2.05. The van der Waals surface area contributed by atoms with Gasteiger partial charge < -0.3 is 4.74 Å². The van der Waals surface area contributed by atoms with Gasteiger partial charge in [0.25, 0.3) is 0 Å². The molecule has 0 spiro atoms. The number of carbonyl (C=O) groups excluding carboxylic acids is 1. The molecule has 0 aliphatic carbocycles. The quantitative estimate of drug-likeness (QED) is 0.626. The van der Waals surface area contributed by atoms with Crippen molar-refractivity contribution in [3.8, 4) is 0 Å². The van der Waals surface area contributed by atoms with E-state index < -0.39 is 0 Å². The van der Waals surface area contributed by atoms with Crippen LogP contribution in [0.4, 0.5) is 0 Å². The Morgan fingerprint density at radius 3 is 3.07 bits per heavy atom. The van der Waals surface area contributed by atoms with E-state index in [1.54, 1.807) is 23.0 Å². The van der Waals surface area contributed by atoms with Crippen LogP contribution in [0, 0.1) is 6.92 Å². The van der Waals surface area contributed by atoms with Gasteiger partial charge in [0, 0.05) is 6.20 Å². The van der Waals surface area contributed by atoms with Crippen molar-refractivity contribution in [3.05, 3.63) is 29.7 Å². The van der Waals surface area contributed by atoms with Crippen molar-refractivity contribution in [2.45, 2.75) is 6.92 Å². The molecule has 0 bridgehead atoms. The number of aryl methyl sites for hydroxylation is 1. The van der Waals surface area contributed by atoms with Crippen LogP contribution in [0.5, 0.6) is 0 Å². The number of aromatic nitrogens is 3. The minimum absolute atomic E-state index is 0.349. The highest BCUT2D eigenvalue weighted by atomic mass is 16.5. The van der Waals surface area contributed by atoms with Gasteiger partial charge in [-0.1, -0.05) is 0 Å². The Hall–Kier alpha value is -1.91. The van der Waals surface area contributed by atoms with Crippen molar-refractivity contribution in [2.24, 2.45) is 0 Å². The molecule has 0 saturated carbocycles. The van der Waals surface area contributed by atoms with E-state index >= 15 is 0 Å². The van der Waals surface area contributed by atoms with Crippen LogP contribution in [0.15, 0.2) is 18.6 Å². The maximum atomic E-state index is 11.3. The Balaban J connectivity index is 2.64. The highest BCUT2D eigenvalue weighted by molar-refractivity contribution is 5.91. The standard InChI is InChI=1S/C9H9N3O2/c1-6-3-8-11-10-5-12(8)4-7(6)9(13)14-2/h3-5H,1-2H3. The van der Waals surface area contributed by atoms with Crippen LogP contribution in [-0.4, -0.2) is 27.7 Å². The molecule has 0 fully saturated rings. The molecule has 0 aromatic carbocycles. The number of hydrogen-bond donors (Lipinski definition) is 0. The average molecular weight is 191 g/mol. The Morgan fingerprint density at radius 1 is 1.57 bits per heavy atom. The van der Waals surface area contributed by atoms with Crippen LogP contribution >= 0.6 is 0 Å². The number of nitrogens with zero attached hydrogens (tertiary/aromatic N) is 3. The van der Waals surface area contributed by atoms with Crippen molar-refractivity contribution in [2.75, 3.05) is 7.11 Å². The molecule has 72 valence electrons. The first kappa shape index (κ1) is 8.68. The third-order valence-electron chi connectivity index (χ3n) is 2.04. The zero-order valence-corrected chi connectivity index (χ0v) is 7.89. The second kappa shape index (κ2) is 3.10. The third kappa shape index (κ3) is 1.22. The number of rotatable bonds is 1. The predicted octanol–water partition coefficient (Wildman–Crippen LogP) is 0.824. The molecule has 5 heteroatoms. The fourth-order valence-electron chi connectivity index (χ4n) is 1.29. The molecule has 0 saturated heterocycles. The van der Waals surface area contributed by atoms with Gasteiger partial charge in [-0.05, 0) is 18.6 Å². The van der Waals surface area contributed by atoms with Crippen molar-refractivity contribution in [1.82, 2.24) is 14.6 Å². The van der Waals surface area contributed by atoms with Crippen LogP contribution < -0.4 is 0 Å². The number of fused-ring (bicyclic) bond motifs is 1. The SMILES string of the molecule is COC(=O)c1cn2cnnc2cc1C. The molecule has 2 aromatic heterocycles. The van der Waals surface area contributed by atoms with Gasteiger partial charge in [0.1, 0.15) is 6.33 Å². The van der Waals surface area contributed by atoms with E-state index in [9.17, 15) is 4.79 Å². The van der Waals surface area contributed by atoms with Crippen LogP contribution in [0.3, 0.4) is 0 Å². The number of esters is 1. The maximum absolute atomic E-state index is 11.3. The minimum Gasteiger partial charge on any atom is -0.465 e. The van der Waals surface area contributed by atoms with E-state index in [4.69, 9.17) is 0 Å². The minimum atomic E-state index is -0.349. The Kier molecular flexibility index (Phi) is 1.92. The summed E-state index contributed by atoms with van der Waals surface area (Å²) >= 11 is 0. The molecular weight excluding hydrogens is 182 g/mol. The normalized spacial score (nSPS) is 10.4. The van der Waals surface area contributed by atoms with Crippen molar-refractivity contribution >= 4 is 11.6 Å². The summed E-state index contributed by atoms with van der Waals surface area (Å²) in [6.45, 7) is 1.83. The summed E-state index contributed by atoms with van der Waals surface area (Å²) in [6, 6.07) is 1.79. The highest BCUT2D eigenvalue weighted by Crippen LogP contribution is 2.11. The average Bonchev–Trinajstić information content (AvgIpc) is 2.62. The fourth-order valence-corrected chi connectivity index (χ4v) is 1.29. The van der Waals surface area contributed by atoms with Gasteiger partial charge in [-0.3, -0.25) is 4.40 Å². The molecule has 0 aliphatic heterocycles. The molecular formula is C9H9N3O2. The molecule has 0 atom stereocenters. The van der Waals surface area contributed by atoms with Gasteiger partial charge in [0.05, 0.1) is 12.7 Å². The van der Waals surface area contributed by atoms with Gasteiger partial charge >= 0.3 is 5.97 Å². The summed E-state index contributed by atoms with van der Waals surface area (Å²) in [7, 11) is 1.36. The summed E-state index contributed by atoms with van der Waals surface area (Å²) in [5, 5.41) is 7.60. The topological polar surface area (TPSA) is 56.5 Å². The second-order valence-electron chi connectivity index (χ2n) is 2.96. The molecule has 0 amide bonds. The first-order valence-corrected chi connectivity index (χ1v) is 4.10. The first-order chi connectivity index (χ1) is 6.72. The van der Waals surface area contributed by atoms with E-state index in [1.807, 2.05) is 6.92 Å². The van der Waals surface area contributed by atoms with E-state index in [1.165, 1.54) is 7.11 Å². The zero-order chi connectivity index (χ0) is 10.1. The second-order valence-corrected chi connectivity index (χ2v) is 2.96. The van der Waals surface area contributed by atoms with Crippen molar-refractivity contribution < 1.29 is 9.53 Å². The van der Waals surface area contributed by atoms with Crippen molar-refractivity contribution in [3.63, 3.8) is 0 Å². The summed E-state index contributed by atoms with van der Waals surface area (Å²) in [5.74, 6) is -0.349. The molecule has 0 unspecified atom stereocenters. The number of carbonyl (C=O) groups is 1. The largest absolute Gasteiger partial charge is 0.465 e. The van der Waals surface area contributed by atoms with E-state index in [-0.39, 0.29) is 5.97 Å². The van der Waals surface area contributed by atoms with Gasteiger partial charge in [-0.2, -0.15) is 0 Å². The van der Waals surface area contributed by atoms with E-state index in [0.29, 0.717) is 5.56 Å². The van der Waals surface area contributed by atoms with Crippen LogP contribution in [0.2, 0.25) is 0 Å². The van der Waals surface area contributed by atoms with E-state index in [2.05, 4.69) is 14.9 Å². The Morgan fingerprint density at radius 2 is 2.36 bits per heavy atom. The van der Waals surface area contributed by atoms with Crippen LogP contribution in [-0.2, 0) is 4.74 Å². The molecule has 2 heterocycles. The number of pyridine rings is 1. The van der Waals surface area contributed by atoms with Gasteiger partial charge in [-0.25, -0.2) is 4.79 Å². The van der Waals surface area contributed by atoms with Gasteiger partial charge in [-0.15, -0.1) is 10.2 Å². The number of hydrogen-bond acceptors (Lipinski definition) is 4. The van der Waals surface area contributed by atoms with Crippen molar-refractivity contribution in [1.29, 1.82) is 0 Å². The fraction of sp³-hybridized carbons (Fsp3) is 0.222. The molecule has 0 radical (unpaired) electrons. The first-order valence-electron chi connectivity index (χ1n) is 4.10. The van der Waals surface area contributed by atoms with Crippen LogP contribution in [0.1, 0.15) is 15.9 Å². The summed E-state index contributed by atoms with van der Waals surface area (Å²) in [6.07, 6.45) is 3.21. The van der Waals surface area contributed by atoms with Gasteiger partial charge in [0.2, 0.25) is 0 Å². The monoisotopic (exact) mass is 191 g/mol. The summed E-state index contributed by atoms with van der Waals surface area (Å²) in [5.41, 5.74) is 2.08. The third-order valence-corrected chi connectivity index (χ3v) is 2.04. The zero-order valence-electron chi connectivity index (χ0n) is 7.89. The number of ether oxygens (including phenoxy) is 1. The molecule has 0 aliphatic rings. The van der Waals surface area contributed by atoms with Gasteiger partial charge in [0.15, 0.2) is 5.65 Å². The molecule has 14 heavy (non-hydrogen) atoms. The summed E-state index contributed by atoms with van der Waals surface area (Å²) in [4.78, 5) is 11.3. The molecule has 0 N–H and O–H groups in total. The molecule has 2 aromatic rings. The van der Waals surface area contributed by atoms with E-state index in [0.717, 1.165) is 11.2 Å². The molecule has 2 rings (SSSR count). The lowest BCUT2D eigenvalue weighted by atomic mass is 10.1. The van der Waals surface area contributed by atoms with Crippen LogP contribution in [0.25, 0.3) is 5.65 Å². The predicted molar refractivity (Wildman–Crippen MR) is 49.1 cm³/mol.